The molecule has 1 amide bonds. The number of nitro groups is 1. The average molecular weight is 372 g/mol. The van der Waals surface area contributed by atoms with E-state index in [0.717, 1.165) is 11.3 Å². The van der Waals surface area contributed by atoms with Crippen LogP contribution in [0.15, 0.2) is 48.5 Å². The van der Waals surface area contributed by atoms with E-state index in [-0.39, 0.29) is 12.1 Å². The van der Waals surface area contributed by atoms with E-state index in [4.69, 9.17) is 9.47 Å². The van der Waals surface area contributed by atoms with Crippen LogP contribution in [0.1, 0.15) is 18.4 Å². The fourth-order valence-corrected chi connectivity index (χ4v) is 2.12. The van der Waals surface area contributed by atoms with E-state index in [1.807, 2.05) is 31.2 Å². The molecule has 2 rings (SSSR count). The van der Waals surface area contributed by atoms with Gasteiger partial charge in [-0.15, -0.1) is 0 Å². The highest BCUT2D eigenvalue weighted by Crippen LogP contribution is 2.15. The van der Waals surface area contributed by atoms with Crippen LogP contribution in [0.4, 0.5) is 11.4 Å². The molecule has 142 valence electrons. The first-order valence-corrected chi connectivity index (χ1v) is 8.33. The van der Waals surface area contributed by atoms with Crippen LogP contribution in [-0.4, -0.2) is 30.0 Å². The van der Waals surface area contributed by atoms with Gasteiger partial charge in [-0.25, -0.2) is 0 Å². The van der Waals surface area contributed by atoms with Crippen molar-refractivity contribution in [1.82, 2.24) is 0 Å². The van der Waals surface area contributed by atoms with Crippen molar-refractivity contribution in [2.45, 2.75) is 19.8 Å². The zero-order valence-corrected chi connectivity index (χ0v) is 14.8. The quantitative estimate of drug-likeness (QED) is 0.313. The number of non-ortho nitro benzene ring substituents is 1. The Kier molecular flexibility index (Phi) is 7.30. The number of nitrogens with one attached hydrogen (secondary N) is 1. The van der Waals surface area contributed by atoms with E-state index in [1.165, 1.54) is 24.3 Å². The van der Waals surface area contributed by atoms with E-state index < -0.39 is 23.4 Å². The highest BCUT2D eigenvalue weighted by atomic mass is 16.6. The lowest BCUT2D eigenvalue weighted by Crippen LogP contribution is -2.21. The molecule has 8 nitrogen and oxygen atoms in total. The van der Waals surface area contributed by atoms with Gasteiger partial charge in [0.25, 0.3) is 11.6 Å². The van der Waals surface area contributed by atoms with Gasteiger partial charge >= 0.3 is 5.97 Å². The summed E-state index contributed by atoms with van der Waals surface area (Å²) in [5.41, 5.74) is 1.44. The van der Waals surface area contributed by atoms with Crippen LogP contribution in [0.5, 0.6) is 5.75 Å². The van der Waals surface area contributed by atoms with Crippen LogP contribution in [0.25, 0.3) is 0 Å². The number of rotatable bonds is 9. The molecule has 0 atom stereocenters. The molecule has 0 saturated carbocycles. The van der Waals surface area contributed by atoms with Gasteiger partial charge in [0.15, 0.2) is 6.61 Å². The summed E-state index contributed by atoms with van der Waals surface area (Å²) in [4.78, 5) is 33.4. The number of carbonyl (C=O) groups is 2. The molecule has 0 aliphatic heterocycles. The average Bonchev–Trinajstić information content (AvgIpc) is 2.65. The maximum absolute atomic E-state index is 11.7. The molecular formula is C19H20N2O6. The lowest BCUT2D eigenvalue weighted by molar-refractivity contribution is -0.384. The zero-order chi connectivity index (χ0) is 19.6. The molecule has 0 aliphatic rings. The molecule has 0 saturated heterocycles. The maximum Gasteiger partial charge on any atom is 0.306 e. The highest BCUT2D eigenvalue weighted by Gasteiger charge is 2.09. The van der Waals surface area contributed by atoms with Gasteiger partial charge in [-0.2, -0.15) is 0 Å². The number of benzene rings is 2. The van der Waals surface area contributed by atoms with Gasteiger partial charge in [-0.05, 0) is 37.6 Å². The fraction of sp³-hybridized carbons (Fsp3) is 0.263. The number of nitro benzene ring substituents is 1. The van der Waals surface area contributed by atoms with E-state index >= 15 is 0 Å². The Morgan fingerprint density at radius 1 is 1.07 bits per heavy atom. The summed E-state index contributed by atoms with van der Waals surface area (Å²) in [5, 5.41) is 13.1. The van der Waals surface area contributed by atoms with Crippen molar-refractivity contribution < 1.29 is 24.0 Å². The monoisotopic (exact) mass is 372 g/mol. The number of hydrogen-bond donors (Lipinski definition) is 1. The summed E-state index contributed by atoms with van der Waals surface area (Å²) in [7, 11) is 0. The summed E-state index contributed by atoms with van der Waals surface area (Å²) in [6.07, 6.45) is 0.605. The van der Waals surface area contributed by atoms with Crippen molar-refractivity contribution >= 4 is 23.3 Å². The van der Waals surface area contributed by atoms with Gasteiger partial charge in [0.05, 0.1) is 11.5 Å². The van der Waals surface area contributed by atoms with Crippen LogP contribution in [0, 0.1) is 17.0 Å². The second-order valence-corrected chi connectivity index (χ2v) is 5.78. The first kappa shape index (κ1) is 19.9. The molecule has 0 heterocycles. The Morgan fingerprint density at radius 2 is 1.74 bits per heavy atom. The largest absolute Gasteiger partial charge is 0.494 e. The van der Waals surface area contributed by atoms with Crippen LogP contribution in [0.3, 0.4) is 0 Å². The Hall–Kier alpha value is -3.42. The lowest BCUT2D eigenvalue weighted by atomic mass is 10.2. The molecule has 0 bridgehead atoms. The predicted octanol–water partition coefficient (Wildman–Crippen LogP) is 3.24. The molecule has 0 aromatic heterocycles. The fourth-order valence-electron chi connectivity index (χ4n) is 2.12. The minimum absolute atomic E-state index is 0.0766. The Bertz CT molecular complexity index is 787. The Balaban J connectivity index is 1.62. The lowest BCUT2D eigenvalue weighted by Gasteiger charge is -2.08. The van der Waals surface area contributed by atoms with E-state index in [0.29, 0.717) is 18.7 Å². The number of esters is 1. The van der Waals surface area contributed by atoms with Crippen LogP contribution in [-0.2, 0) is 14.3 Å². The van der Waals surface area contributed by atoms with E-state index in [2.05, 4.69) is 5.32 Å². The van der Waals surface area contributed by atoms with Crippen molar-refractivity contribution in [2.24, 2.45) is 0 Å². The van der Waals surface area contributed by atoms with E-state index in [1.54, 1.807) is 0 Å². The minimum Gasteiger partial charge on any atom is -0.494 e. The SMILES string of the molecule is Cc1ccc(OCCCC(=O)OCC(=O)Nc2ccc([N+](=O)[O-])cc2)cc1. The second kappa shape index (κ2) is 9.91. The number of anilines is 1. The van der Waals surface area contributed by atoms with Gasteiger partial charge in [0.1, 0.15) is 5.75 Å². The molecule has 2 aromatic carbocycles. The molecule has 8 heteroatoms. The number of aryl methyl sites for hydroxylation is 1. The van der Waals surface area contributed by atoms with Crippen molar-refractivity contribution in [3.05, 3.63) is 64.2 Å². The normalized spacial score (nSPS) is 10.1. The smallest absolute Gasteiger partial charge is 0.306 e. The molecule has 0 aliphatic carbocycles. The summed E-state index contributed by atoms with van der Waals surface area (Å²) in [6, 6.07) is 12.9. The van der Waals surface area contributed by atoms with Crippen molar-refractivity contribution in [2.75, 3.05) is 18.5 Å². The van der Waals surface area contributed by atoms with Gasteiger partial charge < -0.3 is 14.8 Å². The number of hydrogen-bond acceptors (Lipinski definition) is 6. The summed E-state index contributed by atoms with van der Waals surface area (Å²) in [6.45, 7) is 1.93. The van der Waals surface area contributed by atoms with E-state index in [9.17, 15) is 19.7 Å². The van der Waals surface area contributed by atoms with Crippen molar-refractivity contribution in [3.63, 3.8) is 0 Å². The second-order valence-electron chi connectivity index (χ2n) is 5.78. The Labute approximate surface area is 156 Å². The Morgan fingerprint density at radius 3 is 2.37 bits per heavy atom. The molecular weight excluding hydrogens is 352 g/mol. The molecule has 0 fully saturated rings. The molecule has 0 unspecified atom stereocenters. The first-order valence-electron chi connectivity index (χ1n) is 8.33. The summed E-state index contributed by atoms with van der Waals surface area (Å²) < 4.78 is 10.4. The highest BCUT2D eigenvalue weighted by molar-refractivity contribution is 5.92. The van der Waals surface area contributed by atoms with Crippen LogP contribution >= 0.6 is 0 Å². The van der Waals surface area contributed by atoms with Crippen molar-refractivity contribution in [3.8, 4) is 5.75 Å². The molecule has 0 radical (unpaired) electrons. The molecule has 1 N–H and O–H groups in total. The van der Waals surface area contributed by atoms with Crippen molar-refractivity contribution in [1.29, 1.82) is 0 Å². The third-order valence-electron chi connectivity index (χ3n) is 3.54. The molecule has 0 spiro atoms. The summed E-state index contributed by atoms with van der Waals surface area (Å²) >= 11 is 0. The first-order chi connectivity index (χ1) is 12.9. The van der Waals surface area contributed by atoms with Gasteiger partial charge in [0.2, 0.25) is 0 Å². The predicted molar refractivity (Wildman–Crippen MR) is 98.6 cm³/mol. The molecule has 27 heavy (non-hydrogen) atoms. The van der Waals surface area contributed by atoms with Crippen LogP contribution < -0.4 is 10.1 Å². The number of carbonyl (C=O) groups excluding carboxylic acids is 2. The standard InChI is InChI=1S/C19H20N2O6/c1-14-4-10-17(11-5-14)26-12-2-3-19(23)27-13-18(22)20-15-6-8-16(9-7-15)21(24)25/h4-11H,2-3,12-13H2,1H3,(H,20,22). The van der Waals surface area contributed by atoms with Crippen LogP contribution in [0.2, 0.25) is 0 Å². The molecule has 2 aromatic rings. The number of nitrogens with zero attached hydrogens (tertiary/aromatic N) is 1. The maximum atomic E-state index is 11.7. The zero-order valence-electron chi connectivity index (χ0n) is 14.8. The van der Waals surface area contributed by atoms with Gasteiger partial charge in [-0.1, -0.05) is 17.7 Å². The minimum atomic E-state index is -0.532. The van der Waals surface area contributed by atoms with Gasteiger partial charge in [0, 0.05) is 24.2 Å². The number of amides is 1. The van der Waals surface area contributed by atoms with Gasteiger partial charge in [-0.3, -0.25) is 19.7 Å². The third-order valence-corrected chi connectivity index (χ3v) is 3.54. The third kappa shape index (κ3) is 7.15. The summed E-state index contributed by atoms with van der Waals surface area (Å²) in [5.74, 6) is -0.286. The topological polar surface area (TPSA) is 108 Å². The number of ether oxygens (including phenoxy) is 2.